The van der Waals surface area contributed by atoms with E-state index in [2.05, 4.69) is 92.2 Å². The molecule has 1 aliphatic rings. The van der Waals surface area contributed by atoms with E-state index in [4.69, 9.17) is 4.74 Å². The van der Waals surface area contributed by atoms with Gasteiger partial charge in [-0.05, 0) is 266 Å². The molecule has 3 unspecified atom stereocenters. The van der Waals surface area contributed by atoms with Gasteiger partial charge in [-0.2, -0.15) is 11.3 Å². The second-order valence-electron chi connectivity index (χ2n) is 26.1. The second kappa shape index (κ2) is 30.5. The molecule has 14 rings (SSSR count). The number of aromatic hydroxyl groups is 8. The zero-order valence-electron chi connectivity index (χ0n) is 57.9. The minimum atomic E-state index is -0.449. The van der Waals surface area contributed by atoms with Gasteiger partial charge in [0, 0.05) is 51.0 Å². The number of hydrogen-bond acceptors (Lipinski definition) is 11. The van der Waals surface area contributed by atoms with Crippen LogP contribution >= 0.6 is 11.3 Å². The summed E-state index contributed by atoms with van der Waals surface area (Å²) in [5.41, 5.74) is 23.4. The zero-order valence-corrected chi connectivity index (χ0v) is 58.8. The number of methoxy groups -OCH3 is 1. The number of phenolic OH excluding ortho intramolecular Hbond substituents is 8. The molecule has 0 saturated carbocycles. The summed E-state index contributed by atoms with van der Waals surface area (Å²) in [7, 11) is 1.65. The van der Waals surface area contributed by atoms with Crippen LogP contribution < -0.4 is 4.74 Å². The van der Waals surface area contributed by atoms with Gasteiger partial charge in [0.25, 0.3) is 0 Å². The van der Waals surface area contributed by atoms with E-state index in [0.717, 1.165) is 112 Å². The molecule has 8 N–H and O–H groups in total. The molecule has 508 valence electrons. The predicted octanol–water partition coefficient (Wildman–Crippen LogP) is 22.0. The molecule has 0 bridgehead atoms. The average molecular weight is 1360 g/mol. The lowest BCUT2D eigenvalue weighted by molar-refractivity contribution is 0.112. The number of carbonyl (C=O) groups excluding carboxylic acids is 1. The first-order chi connectivity index (χ1) is 48.5. The molecule has 0 fully saturated rings. The van der Waals surface area contributed by atoms with E-state index in [1.54, 1.807) is 79.1 Å². The maximum Gasteiger partial charge on any atom is 0.150 e. The topological polar surface area (TPSA) is 188 Å². The SMILES string of the molecule is COc1ccc(C(C)c2cc(-c3ccc(O)cc3)cc(C)c2O)cc1.Cc1cc(-c2ccc(O)cc2)cc(C(C)c2ccc(C=O)cc2)c1O.Cc1cc(-c2ccc(O)cc2)cc(C(C)c2ccsc2)c1O.Cc1cc(-c2ccc(O)cc2)cc(C2(C)c3ccccc3-c3ccccc32)c1O. The van der Waals surface area contributed by atoms with Crippen molar-refractivity contribution in [3.8, 4) is 107 Å². The third-order valence-electron chi connectivity index (χ3n) is 19.5. The van der Waals surface area contributed by atoms with Crippen molar-refractivity contribution in [3.05, 3.63) is 337 Å². The van der Waals surface area contributed by atoms with Crippen molar-refractivity contribution in [2.24, 2.45) is 0 Å². The quantitative estimate of drug-likeness (QED) is 0.0516. The number of aldehydes is 1. The van der Waals surface area contributed by atoms with E-state index >= 15 is 0 Å². The molecule has 1 aliphatic carbocycles. The van der Waals surface area contributed by atoms with Gasteiger partial charge in [0.05, 0.1) is 7.11 Å². The number of aryl methyl sites for hydroxylation is 4. The van der Waals surface area contributed by atoms with Crippen molar-refractivity contribution in [3.63, 3.8) is 0 Å². The number of benzene rings is 12. The van der Waals surface area contributed by atoms with Gasteiger partial charge in [0.1, 0.15) is 58.0 Å². The molecule has 0 aliphatic heterocycles. The van der Waals surface area contributed by atoms with Crippen molar-refractivity contribution in [2.45, 2.75) is 78.6 Å². The summed E-state index contributed by atoms with van der Waals surface area (Å²) in [6, 6.07) is 78.8. The molecular weight excluding hydrogens is 1270 g/mol. The average Bonchev–Trinajstić information content (AvgIpc) is 1.61. The molecule has 3 atom stereocenters. The van der Waals surface area contributed by atoms with E-state index in [1.807, 2.05) is 162 Å². The smallest absolute Gasteiger partial charge is 0.150 e. The molecule has 11 heteroatoms. The highest BCUT2D eigenvalue weighted by Crippen LogP contribution is 2.55. The Labute approximate surface area is 595 Å². The Morgan fingerprint density at radius 2 is 0.683 bits per heavy atom. The molecule has 12 aromatic carbocycles. The first-order valence-electron chi connectivity index (χ1n) is 33.5. The Kier molecular flexibility index (Phi) is 21.3. The molecule has 101 heavy (non-hydrogen) atoms. The maximum absolute atomic E-state index is 11.1. The Morgan fingerprint density at radius 3 is 1.02 bits per heavy atom. The third-order valence-corrected chi connectivity index (χ3v) is 20.2. The highest BCUT2D eigenvalue weighted by Gasteiger charge is 2.42. The van der Waals surface area contributed by atoms with Gasteiger partial charge in [0.15, 0.2) is 0 Å². The molecule has 0 saturated heterocycles. The Hall–Kier alpha value is -11.8. The van der Waals surface area contributed by atoms with Crippen LogP contribution in [0.2, 0.25) is 0 Å². The normalized spacial score (nSPS) is 12.5. The Balaban J connectivity index is 0.000000136. The molecular formula is C90H82O10S. The first-order valence-corrected chi connectivity index (χ1v) is 34.4. The van der Waals surface area contributed by atoms with Gasteiger partial charge < -0.3 is 45.6 Å². The van der Waals surface area contributed by atoms with E-state index in [0.29, 0.717) is 22.8 Å². The van der Waals surface area contributed by atoms with E-state index < -0.39 is 5.41 Å². The number of fused-ring (bicyclic) bond motifs is 3. The minimum absolute atomic E-state index is 0.0172. The summed E-state index contributed by atoms with van der Waals surface area (Å²) in [6.45, 7) is 16.1. The minimum Gasteiger partial charge on any atom is -0.508 e. The van der Waals surface area contributed by atoms with Crippen LogP contribution in [0.15, 0.2) is 259 Å². The van der Waals surface area contributed by atoms with Gasteiger partial charge in [-0.1, -0.05) is 154 Å². The van der Waals surface area contributed by atoms with E-state index in [9.17, 15) is 45.6 Å². The van der Waals surface area contributed by atoms with Crippen molar-refractivity contribution in [1.82, 2.24) is 0 Å². The van der Waals surface area contributed by atoms with Crippen LogP contribution in [0.4, 0.5) is 0 Å². The van der Waals surface area contributed by atoms with Crippen LogP contribution in [0.25, 0.3) is 55.6 Å². The van der Waals surface area contributed by atoms with Crippen LogP contribution in [-0.4, -0.2) is 54.2 Å². The van der Waals surface area contributed by atoms with Crippen LogP contribution in [-0.2, 0) is 5.41 Å². The van der Waals surface area contributed by atoms with Gasteiger partial charge in [-0.25, -0.2) is 0 Å². The number of rotatable bonds is 13. The molecule has 0 spiro atoms. The van der Waals surface area contributed by atoms with Gasteiger partial charge in [-0.15, -0.1) is 0 Å². The molecule has 1 heterocycles. The number of ether oxygens (including phenoxy) is 1. The van der Waals surface area contributed by atoms with E-state index in [1.165, 1.54) is 27.8 Å². The number of thiophene rings is 1. The van der Waals surface area contributed by atoms with Crippen LogP contribution in [0.3, 0.4) is 0 Å². The second-order valence-corrected chi connectivity index (χ2v) is 26.8. The fraction of sp³-hybridized carbons (Fsp3) is 0.144. The van der Waals surface area contributed by atoms with Gasteiger partial charge in [-0.3, -0.25) is 4.79 Å². The zero-order chi connectivity index (χ0) is 71.8. The summed E-state index contributed by atoms with van der Waals surface area (Å²) >= 11 is 1.67. The molecule has 10 nitrogen and oxygen atoms in total. The predicted molar refractivity (Wildman–Crippen MR) is 409 cm³/mol. The molecule has 1 aromatic heterocycles. The summed E-state index contributed by atoms with van der Waals surface area (Å²) in [4.78, 5) is 10.8. The first kappa shape index (κ1) is 70.5. The largest absolute Gasteiger partial charge is 0.508 e. The number of carbonyl (C=O) groups is 1. The highest BCUT2D eigenvalue weighted by atomic mass is 32.1. The van der Waals surface area contributed by atoms with E-state index in [-0.39, 0.29) is 46.5 Å². The lowest BCUT2D eigenvalue weighted by atomic mass is 9.72. The molecule has 0 amide bonds. The molecule has 13 aromatic rings. The summed E-state index contributed by atoms with van der Waals surface area (Å²) in [5, 5.41) is 84.9. The number of phenols is 8. The maximum atomic E-state index is 11.1. The number of hydrogen-bond donors (Lipinski definition) is 8. The fourth-order valence-corrected chi connectivity index (χ4v) is 14.2. The van der Waals surface area contributed by atoms with Crippen LogP contribution in [0.1, 0.15) is 128 Å². The van der Waals surface area contributed by atoms with Crippen LogP contribution in [0, 0.1) is 27.7 Å². The Morgan fingerprint density at radius 1 is 0.356 bits per heavy atom. The molecule has 0 radical (unpaired) electrons. The summed E-state index contributed by atoms with van der Waals surface area (Å²) in [5.74, 6) is 3.26. The summed E-state index contributed by atoms with van der Waals surface area (Å²) in [6.07, 6.45) is 0.821. The van der Waals surface area contributed by atoms with Gasteiger partial charge >= 0.3 is 0 Å². The fourth-order valence-electron chi connectivity index (χ4n) is 13.4. The van der Waals surface area contributed by atoms with Crippen molar-refractivity contribution in [1.29, 1.82) is 0 Å². The van der Waals surface area contributed by atoms with Crippen molar-refractivity contribution in [2.75, 3.05) is 7.11 Å². The highest BCUT2D eigenvalue weighted by molar-refractivity contribution is 7.08. The lowest BCUT2D eigenvalue weighted by Gasteiger charge is -2.30. The Bertz CT molecular complexity index is 5000. The monoisotopic (exact) mass is 1350 g/mol. The van der Waals surface area contributed by atoms with Crippen molar-refractivity contribution < 1.29 is 50.4 Å². The van der Waals surface area contributed by atoms with Crippen molar-refractivity contribution >= 4 is 17.6 Å². The third kappa shape index (κ3) is 15.3. The summed E-state index contributed by atoms with van der Waals surface area (Å²) < 4.78 is 5.21. The lowest BCUT2D eigenvalue weighted by Crippen LogP contribution is -2.23. The van der Waals surface area contributed by atoms with Crippen LogP contribution in [0.5, 0.6) is 51.7 Å². The van der Waals surface area contributed by atoms with Gasteiger partial charge in [0.2, 0.25) is 0 Å². The standard InChI is InChI=1S/C27H22O2.C22H22O3.C22H20O3.C19H18O2S/c1-17-15-19(18-11-13-20(28)14-12-18)16-25(26(17)29)27(2)23-9-5-3-7-21(23)22-8-4-6-10-24(22)27;1-14-12-18(17-4-8-19(23)9-5-17)13-21(22(14)24)15(2)16-6-10-20(25-3)11-7-16;1-14-11-19(18-7-9-20(24)10-8-18)12-21(22(14)25)15(2)17-5-3-16(13-23)4-6-17;1-12-9-16(14-3-5-17(20)6-4-14)10-18(19(12)21)13(2)15-7-8-22-11-15/h3-16,28-29H,1-2H3;4-13,15,23-24H,1-3H3;3-13,15,24-25H,1-2H3;3-11,13,20-21H,1-2H3.